The Labute approximate surface area is 132 Å². The topological polar surface area (TPSA) is 53.6 Å². The van der Waals surface area contributed by atoms with Crippen LogP contribution in [0.3, 0.4) is 0 Å². The van der Waals surface area contributed by atoms with Gasteiger partial charge in [-0.1, -0.05) is 19.4 Å². The molecule has 0 spiro atoms. The summed E-state index contributed by atoms with van der Waals surface area (Å²) in [5.74, 6) is 1.25. The lowest BCUT2D eigenvalue weighted by Crippen LogP contribution is -2.37. The first kappa shape index (κ1) is 16.3. The van der Waals surface area contributed by atoms with Crippen molar-refractivity contribution in [2.24, 2.45) is 16.6 Å². The molecule has 3 N–H and O–H groups in total. The first-order chi connectivity index (χ1) is 10.3. The van der Waals surface area contributed by atoms with Crippen molar-refractivity contribution >= 4 is 17.3 Å². The average molecular weight is 308 g/mol. The van der Waals surface area contributed by atoms with Crippen molar-refractivity contribution in [3.8, 4) is 0 Å². The molecule has 2 rings (SSSR count). The van der Waals surface area contributed by atoms with E-state index in [4.69, 9.17) is 5.73 Å². The van der Waals surface area contributed by atoms with Crippen molar-refractivity contribution in [3.63, 3.8) is 0 Å². The van der Waals surface area contributed by atoms with Crippen molar-refractivity contribution in [3.05, 3.63) is 22.4 Å². The molecule has 0 aliphatic carbocycles. The lowest BCUT2D eigenvalue weighted by Gasteiger charge is -2.31. The molecule has 0 saturated carbocycles. The van der Waals surface area contributed by atoms with Gasteiger partial charge in [0.2, 0.25) is 0 Å². The number of thiophene rings is 1. The van der Waals surface area contributed by atoms with Gasteiger partial charge in [0.05, 0.1) is 0 Å². The zero-order valence-corrected chi connectivity index (χ0v) is 13.9. The van der Waals surface area contributed by atoms with Gasteiger partial charge in [-0.15, -0.1) is 11.3 Å². The van der Waals surface area contributed by atoms with Crippen LogP contribution in [0.2, 0.25) is 0 Å². The molecule has 2 heterocycles. The van der Waals surface area contributed by atoms with Crippen LogP contribution in [0, 0.1) is 5.92 Å². The molecule has 1 aromatic rings. The first-order valence-corrected chi connectivity index (χ1v) is 8.94. The molecule has 5 heteroatoms. The van der Waals surface area contributed by atoms with Crippen LogP contribution in [-0.2, 0) is 6.54 Å². The van der Waals surface area contributed by atoms with E-state index in [1.165, 1.54) is 30.7 Å². The molecule has 1 atom stereocenters. The van der Waals surface area contributed by atoms with Gasteiger partial charge >= 0.3 is 0 Å². The Bertz CT molecular complexity index is 416. The fourth-order valence-corrected chi connectivity index (χ4v) is 3.49. The lowest BCUT2D eigenvalue weighted by molar-refractivity contribution is 0.172. The number of nitrogens with zero attached hydrogens (tertiary/aromatic N) is 2. The number of aliphatic imine (C=N–C) groups is 1. The summed E-state index contributed by atoms with van der Waals surface area (Å²) in [5.41, 5.74) is 5.90. The second kappa shape index (κ2) is 9.05. The van der Waals surface area contributed by atoms with Gasteiger partial charge < -0.3 is 11.1 Å². The minimum absolute atomic E-state index is 0.610. The van der Waals surface area contributed by atoms with Crippen LogP contribution in [-0.4, -0.2) is 37.0 Å². The van der Waals surface area contributed by atoms with Crippen molar-refractivity contribution in [1.29, 1.82) is 0 Å². The van der Waals surface area contributed by atoms with Gasteiger partial charge in [0.15, 0.2) is 5.96 Å². The van der Waals surface area contributed by atoms with Gasteiger partial charge in [-0.3, -0.25) is 9.89 Å². The number of hydrogen-bond donors (Lipinski definition) is 2. The van der Waals surface area contributed by atoms with E-state index in [-0.39, 0.29) is 0 Å². The molecule has 0 radical (unpaired) electrons. The number of likely N-dealkylation sites (tertiary alicyclic amines) is 1. The molecule has 0 bridgehead atoms. The van der Waals surface area contributed by atoms with Crippen LogP contribution < -0.4 is 11.1 Å². The highest BCUT2D eigenvalue weighted by Crippen LogP contribution is 2.20. The Kier molecular flexibility index (Phi) is 7.03. The summed E-state index contributed by atoms with van der Waals surface area (Å²) in [7, 11) is 0. The fraction of sp³-hybridized carbons (Fsp3) is 0.688. The van der Waals surface area contributed by atoms with Gasteiger partial charge in [-0.25, -0.2) is 0 Å². The summed E-state index contributed by atoms with van der Waals surface area (Å²) >= 11 is 1.85. The third-order valence-electron chi connectivity index (χ3n) is 3.92. The number of piperidine rings is 1. The molecule has 0 amide bonds. The van der Waals surface area contributed by atoms with E-state index in [2.05, 4.69) is 39.6 Å². The second-order valence-electron chi connectivity index (χ2n) is 5.83. The molecule has 1 unspecified atom stereocenters. The molecule has 0 aromatic carbocycles. The quantitative estimate of drug-likeness (QED) is 0.462. The Morgan fingerprint density at radius 1 is 1.57 bits per heavy atom. The van der Waals surface area contributed by atoms with Gasteiger partial charge in [-0.05, 0) is 43.2 Å². The number of hydrogen-bond acceptors (Lipinski definition) is 3. The lowest BCUT2D eigenvalue weighted by atomic mass is 9.98. The third kappa shape index (κ3) is 6.06. The van der Waals surface area contributed by atoms with Crippen molar-refractivity contribution < 1.29 is 0 Å². The van der Waals surface area contributed by atoms with Gasteiger partial charge in [0.25, 0.3) is 0 Å². The van der Waals surface area contributed by atoms with Crippen molar-refractivity contribution in [2.75, 3.05) is 26.2 Å². The average Bonchev–Trinajstić information content (AvgIpc) is 2.99. The second-order valence-corrected chi connectivity index (χ2v) is 6.86. The van der Waals surface area contributed by atoms with Crippen LogP contribution in [0.5, 0.6) is 0 Å². The van der Waals surface area contributed by atoms with Crippen LogP contribution >= 0.6 is 11.3 Å². The largest absolute Gasteiger partial charge is 0.370 e. The zero-order chi connectivity index (χ0) is 14.9. The Morgan fingerprint density at radius 2 is 2.48 bits per heavy atom. The Hall–Kier alpha value is -1.07. The molecule has 1 aliphatic rings. The molecule has 4 nitrogen and oxygen atoms in total. The number of nitrogens with two attached hydrogens (primary N) is 1. The minimum Gasteiger partial charge on any atom is -0.370 e. The van der Waals surface area contributed by atoms with Crippen molar-refractivity contribution in [2.45, 2.75) is 39.2 Å². The van der Waals surface area contributed by atoms with Crippen LogP contribution in [0.1, 0.15) is 37.5 Å². The van der Waals surface area contributed by atoms with E-state index in [0.717, 1.165) is 32.6 Å². The van der Waals surface area contributed by atoms with E-state index in [0.29, 0.717) is 11.9 Å². The molecule has 1 aliphatic heterocycles. The Morgan fingerprint density at radius 3 is 3.24 bits per heavy atom. The summed E-state index contributed by atoms with van der Waals surface area (Å²) in [6.45, 7) is 7.40. The summed E-state index contributed by atoms with van der Waals surface area (Å²) in [5, 5.41) is 5.34. The summed E-state index contributed by atoms with van der Waals surface area (Å²) in [6.07, 6.45) is 4.87. The number of guanidine groups is 1. The minimum atomic E-state index is 0.610. The molecule has 118 valence electrons. The zero-order valence-electron chi connectivity index (χ0n) is 13.1. The number of unbranched alkanes of at least 4 members (excludes halogenated alkanes) is 1. The van der Waals surface area contributed by atoms with E-state index in [1.807, 2.05) is 11.3 Å². The molecule has 21 heavy (non-hydrogen) atoms. The maximum Gasteiger partial charge on any atom is 0.188 e. The summed E-state index contributed by atoms with van der Waals surface area (Å²) in [6, 6.07) is 4.36. The maximum absolute atomic E-state index is 5.90. The van der Waals surface area contributed by atoms with Crippen LogP contribution in [0.25, 0.3) is 0 Å². The molecular formula is C16H28N4S. The highest BCUT2D eigenvalue weighted by Gasteiger charge is 2.19. The van der Waals surface area contributed by atoms with Gasteiger partial charge in [0.1, 0.15) is 0 Å². The maximum atomic E-state index is 5.90. The summed E-state index contributed by atoms with van der Waals surface area (Å²) in [4.78, 5) is 8.52. The molecule has 1 saturated heterocycles. The van der Waals surface area contributed by atoms with Gasteiger partial charge in [-0.2, -0.15) is 0 Å². The van der Waals surface area contributed by atoms with E-state index in [9.17, 15) is 0 Å². The predicted molar refractivity (Wildman–Crippen MR) is 91.7 cm³/mol. The highest BCUT2D eigenvalue weighted by atomic mass is 32.1. The van der Waals surface area contributed by atoms with E-state index >= 15 is 0 Å². The highest BCUT2D eigenvalue weighted by molar-refractivity contribution is 7.09. The smallest absolute Gasteiger partial charge is 0.188 e. The molecule has 1 fully saturated rings. The normalized spacial score (nSPS) is 20.6. The van der Waals surface area contributed by atoms with Gasteiger partial charge in [0, 0.05) is 31.1 Å². The SMILES string of the molecule is CCCCNC(N)=NCC1CCCN(Cc2cccs2)C1. The summed E-state index contributed by atoms with van der Waals surface area (Å²) < 4.78 is 0. The third-order valence-corrected chi connectivity index (χ3v) is 4.78. The predicted octanol–water partition coefficient (Wildman–Crippen LogP) is 2.66. The monoisotopic (exact) mass is 308 g/mol. The van der Waals surface area contributed by atoms with E-state index < -0.39 is 0 Å². The fourth-order valence-electron chi connectivity index (χ4n) is 2.74. The first-order valence-electron chi connectivity index (χ1n) is 8.06. The Balaban J connectivity index is 1.72. The van der Waals surface area contributed by atoms with Crippen LogP contribution in [0.15, 0.2) is 22.5 Å². The molecule has 1 aromatic heterocycles. The standard InChI is InChI=1S/C16H28N4S/c1-2-3-8-18-16(17)19-11-14-6-4-9-20(12-14)13-15-7-5-10-21-15/h5,7,10,14H,2-4,6,8-9,11-13H2,1H3,(H3,17,18,19). The number of rotatable bonds is 7. The van der Waals surface area contributed by atoms with Crippen molar-refractivity contribution in [1.82, 2.24) is 10.2 Å². The number of nitrogens with one attached hydrogen (secondary N) is 1. The van der Waals surface area contributed by atoms with Crippen LogP contribution in [0.4, 0.5) is 0 Å². The van der Waals surface area contributed by atoms with E-state index in [1.54, 1.807) is 0 Å². The molecular weight excluding hydrogens is 280 g/mol.